The van der Waals surface area contributed by atoms with Gasteiger partial charge in [-0.15, -0.1) is 0 Å². The number of rotatable bonds is 3. The van der Waals surface area contributed by atoms with E-state index in [0.29, 0.717) is 6.61 Å². The van der Waals surface area contributed by atoms with Gasteiger partial charge in [0.05, 0.1) is 18.4 Å². The molecule has 1 aromatic rings. The maximum atomic E-state index is 12.8. The Hall–Kier alpha value is -1.59. The first kappa shape index (κ1) is 15.6. The number of carbonyl (C=O) groups is 1. The van der Waals surface area contributed by atoms with E-state index >= 15 is 0 Å². The van der Waals surface area contributed by atoms with Crippen LogP contribution in [0.4, 0.5) is 11.4 Å². The predicted octanol–water partition coefficient (Wildman–Crippen LogP) is 3.39. The van der Waals surface area contributed by atoms with Crippen LogP contribution in [0, 0.1) is 5.92 Å². The molecular formula is C20H26N2O3. The molecule has 0 bridgehead atoms. The zero-order valence-electron chi connectivity index (χ0n) is 14.6. The SMILES string of the molecule is O=C1Nc2ccc(N3CCCCC3)cc2[C@]12OCCC(CC1CC1)O2. The molecule has 3 heterocycles. The van der Waals surface area contributed by atoms with E-state index in [1.807, 2.05) is 6.07 Å². The zero-order valence-corrected chi connectivity index (χ0v) is 14.6. The number of carbonyl (C=O) groups excluding carboxylic acids is 1. The van der Waals surface area contributed by atoms with Gasteiger partial charge in [-0.2, -0.15) is 0 Å². The molecule has 1 unspecified atom stereocenters. The second-order valence-electron chi connectivity index (χ2n) is 7.90. The second-order valence-corrected chi connectivity index (χ2v) is 7.90. The van der Waals surface area contributed by atoms with Crippen molar-refractivity contribution >= 4 is 17.3 Å². The summed E-state index contributed by atoms with van der Waals surface area (Å²) in [5.41, 5.74) is 2.87. The van der Waals surface area contributed by atoms with Gasteiger partial charge in [-0.25, -0.2) is 0 Å². The molecule has 1 spiro atoms. The van der Waals surface area contributed by atoms with Crippen LogP contribution in [0.15, 0.2) is 18.2 Å². The quantitative estimate of drug-likeness (QED) is 0.915. The summed E-state index contributed by atoms with van der Waals surface area (Å²) >= 11 is 0. The second kappa shape index (κ2) is 5.99. The largest absolute Gasteiger partial charge is 0.372 e. The molecule has 25 heavy (non-hydrogen) atoms. The van der Waals surface area contributed by atoms with Crippen molar-refractivity contribution in [1.82, 2.24) is 0 Å². The maximum Gasteiger partial charge on any atom is 0.289 e. The highest BCUT2D eigenvalue weighted by Gasteiger charge is 2.53. The third-order valence-electron chi connectivity index (χ3n) is 6.00. The Morgan fingerprint density at radius 3 is 2.80 bits per heavy atom. The van der Waals surface area contributed by atoms with E-state index in [2.05, 4.69) is 22.3 Å². The van der Waals surface area contributed by atoms with Crippen molar-refractivity contribution in [1.29, 1.82) is 0 Å². The molecule has 134 valence electrons. The molecule has 3 aliphatic heterocycles. The smallest absolute Gasteiger partial charge is 0.289 e. The highest BCUT2D eigenvalue weighted by molar-refractivity contribution is 6.04. The van der Waals surface area contributed by atoms with Gasteiger partial charge >= 0.3 is 0 Å². The fourth-order valence-electron chi connectivity index (χ4n) is 4.40. The summed E-state index contributed by atoms with van der Waals surface area (Å²) in [7, 11) is 0. The number of amides is 1. The molecule has 2 saturated heterocycles. The normalized spacial score (nSPS) is 31.9. The number of benzene rings is 1. The zero-order chi connectivity index (χ0) is 16.9. The summed E-state index contributed by atoms with van der Waals surface area (Å²) in [6, 6.07) is 6.22. The van der Waals surface area contributed by atoms with Gasteiger partial charge in [0.2, 0.25) is 0 Å². The van der Waals surface area contributed by atoms with Gasteiger partial charge in [0.1, 0.15) is 0 Å². The maximum absolute atomic E-state index is 12.8. The van der Waals surface area contributed by atoms with Crippen LogP contribution < -0.4 is 10.2 Å². The van der Waals surface area contributed by atoms with Gasteiger partial charge in [0.25, 0.3) is 11.7 Å². The van der Waals surface area contributed by atoms with E-state index in [9.17, 15) is 4.79 Å². The Kier molecular flexibility index (Phi) is 3.75. The Morgan fingerprint density at radius 1 is 1.16 bits per heavy atom. The molecule has 0 radical (unpaired) electrons. The summed E-state index contributed by atoms with van der Waals surface area (Å²) in [6.07, 6.45) is 8.43. The molecule has 2 atom stereocenters. The molecule has 1 aliphatic carbocycles. The number of anilines is 2. The van der Waals surface area contributed by atoms with Crippen molar-refractivity contribution in [3.8, 4) is 0 Å². The van der Waals surface area contributed by atoms with Crippen molar-refractivity contribution in [3.05, 3.63) is 23.8 Å². The molecule has 3 fully saturated rings. The third-order valence-corrected chi connectivity index (χ3v) is 6.00. The van der Waals surface area contributed by atoms with Crippen molar-refractivity contribution < 1.29 is 14.3 Å². The van der Waals surface area contributed by atoms with Crippen LogP contribution >= 0.6 is 0 Å². The minimum atomic E-state index is -1.24. The molecule has 1 amide bonds. The molecule has 1 N–H and O–H groups in total. The fraction of sp³-hybridized carbons (Fsp3) is 0.650. The monoisotopic (exact) mass is 342 g/mol. The van der Waals surface area contributed by atoms with Gasteiger partial charge in [-0.05, 0) is 56.2 Å². The molecule has 1 saturated carbocycles. The van der Waals surface area contributed by atoms with Crippen LogP contribution in [-0.4, -0.2) is 31.7 Å². The topological polar surface area (TPSA) is 50.8 Å². The summed E-state index contributed by atoms with van der Waals surface area (Å²) in [5, 5.41) is 2.97. The van der Waals surface area contributed by atoms with E-state index < -0.39 is 5.79 Å². The van der Waals surface area contributed by atoms with E-state index in [1.165, 1.54) is 37.8 Å². The Bertz CT molecular complexity index is 682. The lowest BCUT2D eigenvalue weighted by Crippen LogP contribution is -2.47. The lowest BCUT2D eigenvalue weighted by molar-refractivity contribution is -0.281. The molecule has 5 rings (SSSR count). The van der Waals surface area contributed by atoms with Crippen LogP contribution in [0.3, 0.4) is 0 Å². The Balaban J connectivity index is 1.46. The van der Waals surface area contributed by atoms with E-state index in [-0.39, 0.29) is 12.0 Å². The first-order valence-corrected chi connectivity index (χ1v) is 9.77. The first-order valence-electron chi connectivity index (χ1n) is 9.77. The highest BCUT2D eigenvalue weighted by Crippen LogP contribution is 2.46. The van der Waals surface area contributed by atoms with Crippen LogP contribution in [-0.2, 0) is 20.1 Å². The van der Waals surface area contributed by atoms with E-state index in [0.717, 1.165) is 43.1 Å². The van der Waals surface area contributed by atoms with Crippen molar-refractivity contribution in [2.45, 2.75) is 56.8 Å². The van der Waals surface area contributed by atoms with Crippen LogP contribution in [0.5, 0.6) is 0 Å². The van der Waals surface area contributed by atoms with E-state index in [4.69, 9.17) is 9.47 Å². The number of nitrogens with one attached hydrogen (secondary N) is 1. The van der Waals surface area contributed by atoms with Crippen molar-refractivity contribution in [3.63, 3.8) is 0 Å². The van der Waals surface area contributed by atoms with Crippen molar-refractivity contribution in [2.24, 2.45) is 5.92 Å². The van der Waals surface area contributed by atoms with Crippen LogP contribution in [0.1, 0.15) is 50.5 Å². The predicted molar refractivity (Wildman–Crippen MR) is 95.6 cm³/mol. The summed E-state index contributed by atoms with van der Waals surface area (Å²) in [6.45, 7) is 2.75. The minimum Gasteiger partial charge on any atom is -0.372 e. The van der Waals surface area contributed by atoms with Gasteiger partial charge in [0.15, 0.2) is 0 Å². The number of fused-ring (bicyclic) bond motifs is 2. The van der Waals surface area contributed by atoms with Gasteiger partial charge in [-0.1, -0.05) is 12.8 Å². The number of piperidine rings is 1. The molecule has 5 heteroatoms. The molecule has 0 aromatic heterocycles. The Morgan fingerprint density at radius 2 is 2.00 bits per heavy atom. The lowest BCUT2D eigenvalue weighted by atomic mass is 10.0. The number of nitrogens with zero attached hydrogens (tertiary/aromatic N) is 1. The van der Waals surface area contributed by atoms with Crippen molar-refractivity contribution in [2.75, 3.05) is 29.9 Å². The lowest BCUT2D eigenvalue weighted by Gasteiger charge is -2.37. The van der Waals surface area contributed by atoms with E-state index in [1.54, 1.807) is 0 Å². The average Bonchev–Trinajstić information content (AvgIpc) is 3.42. The van der Waals surface area contributed by atoms with Gasteiger partial charge in [-0.3, -0.25) is 4.79 Å². The van der Waals surface area contributed by atoms with Gasteiger partial charge < -0.3 is 19.7 Å². The molecule has 4 aliphatic rings. The molecule has 5 nitrogen and oxygen atoms in total. The molecule has 1 aromatic carbocycles. The summed E-state index contributed by atoms with van der Waals surface area (Å²) in [4.78, 5) is 15.2. The van der Waals surface area contributed by atoms with Crippen LogP contribution in [0.2, 0.25) is 0 Å². The summed E-state index contributed by atoms with van der Waals surface area (Å²) in [5.74, 6) is -0.624. The highest BCUT2D eigenvalue weighted by atomic mass is 16.7. The average molecular weight is 342 g/mol. The number of hydrogen-bond donors (Lipinski definition) is 1. The summed E-state index contributed by atoms with van der Waals surface area (Å²) < 4.78 is 12.3. The third kappa shape index (κ3) is 2.74. The first-order chi connectivity index (χ1) is 12.2. The van der Waals surface area contributed by atoms with Crippen LogP contribution in [0.25, 0.3) is 0 Å². The Labute approximate surface area is 148 Å². The number of hydrogen-bond acceptors (Lipinski definition) is 4. The fourth-order valence-corrected chi connectivity index (χ4v) is 4.40. The number of ether oxygens (including phenoxy) is 2. The standard InChI is InChI=1S/C20H26N2O3/c23-19-20(24-11-8-16(25-20)12-14-4-5-14)17-13-15(6-7-18(17)21-19)22-9-2-1-3-10-22/h6-7,13-14,16H,1-5,8-12H2,(H,21,23)/t16?,20-/m1/s1. The molecular weight excluding hydrogens is 316 g/mol. The van der Waals surface area contributed by atoms with Gasteiger partial charge in [0, 0.05) is 24.3 Å². The minimum absolute atomic E-state index is 0.122.